The number of methoxy groups -OCH3 is 1. The number of nitrogens with zero attached hydrogens (tertiary/aromatic N) is 2. The van der Waals surface area contributed by atoms with E-state index in [0.29, 0.717) is 46.1 Å². The molecule has 0 aliphatic heterocycles. The summed E-state index contributed by atoms with van der Waals surface area (Å²) in [6.07, 6.45) is 1.68. The summed E-state index contributed by atoms with van der Waals surface area (Å²) < 4.78 is 16.2. The molecule has 0 aromatic rings. The monoisotopic (exact) mass is 546 g/mol. The predicted octanol–water partition coefficient (Wildman–Crippen LogP) is 0.768. The van der Waals surface area contributed by atoms with Gasteiger partial charge in [-0.15, -0.1) is 0 Å². The van der Waals surface area contributed by atoms with Crippen LogP contribution in [0.25, 0.3) is 0 Å². The van der Waals surface area contributed by atoms with Crippen molar-refractivity contribution < 1.29 is 38.2 Å². The van der Waals surface area contributed by atoms with Crippen LogP contribution in [0.1, 0.15) is 53.4 Å². The predicted molar refractivity (Wildman–Crippen MR) is 143 cm³/mol. The smallest absolute Gasteiger partial charge is 0.237 e. The Morgan fingerprint density at radius 1 is 0.974 bits per heavy atom. The Balaban J connectivity index is 4.67. The normalized spacial score (nSPS) is 13.8. The van der Waals surface area contributed by atoms with E-state index in [1.807, 2.05) is 32.7 Å². The highest BCUT2D eigenvalue weighted by Crippen LogP contribution is 2.15. The van der Waals surface area contributed by atoms with Crippen LogP contribution in [-0.4, -0.2) is 113 Å². The summed E-state index contributed by atoms with van der Waals surface area (Å²) in [5.41, 5.74) is 0. The van der Waals surface area contributed by atoms with E-state index >= 15 is 0 Å². The molecule has 2 amide bonds. The van der Waals surface area contributed by atoms with Crippen LogP contribution in [0.4, 0.5) is 0 Å². The first kappa shape index (κ1) is 36.0. The molecule has 0 fully saturated rings. The van der Waals surface area contributed by atoms with Gasteiger partial charge in [-0.25, -0.2) is 5.90 Å². The highest BCUT2D eigenvalue weighted by atomic mass is 16.6. The minimum absolute atomic E-state index is 0.00851. The number of hydrogen-bond acceptors (Lipinski definition) is 10. The van der Waals surface area contributed by atoms with Gasteiger partial charge in [0.2, 0.25) is 11.8 Å². The number of nitrogens with one attached hydrogen (secondary N) is 1. The molecule has 0 radical (unpaired) electrons. The highest BCUT2D eigenvalue weighted by Gasteiger charge is 2.29. The third-order valence-corrected chi connectivity index (χ3v) is 6.04. The quantitative estimate of drug-likeness (QED) is 0.0769. The number of ketones is 1. The van der Waals surface area contributed by atoms with Crippen LogP contribution in [0.5, 0.6) is 0 Å². The second-order valence-electron chi connectivity index (χ2n) is 9.58. The standard InChI is InChI=1S/C26H50N4O8/c1-7-8-11-30(26(35-6)21(4)19-31)23(33)10-9-22(32)18-28-25(34)24(20(2)3)29(5)12-13-36-14-15-37-16-17-38-27/h19-21,24,26H,7-18,27H2,1-6H3,(H,28,34). The van der Waals surface area contributed by atoms with E-state index in [9.17, 15) is 19.2 Å². The first-order valence-corrected chi connectivity index (χ1v) is 13.4. The summed E-state index contributed by atoms with van der Waals surface area (Å²) >= 11 is 0. The summed E-state index contributed by atoms with van der Waals surface area (Å²) in [4.78, 5) is 57.3. The number of nitrogens with two attached hydrogens (primary N) is 1. The van der Waals surface area contributed by atoms with Crippen molar-refractivity contribution in [2.24, 2.45) is 17.7 Å². The molecule has 12 nitrogen and oxygen atoms in total. The number of rotatable bonds is 24. The Morgan fingerprint density at radius 3 is 2.16 bits per heavy atom. The molecule has 0 bridgehead atoms. The molecular weight excluding hydrogens is 496 g/mol. The molecule has 3 atom stereocenters. The second kappa shape index (κ2) is 21.9. The van der Waals surface area contributed by atoms with Crippen molar-refractivity contribution in [3.8, 4) is 0 Å². The summed E-state index contributed by atoms with van der Waals surface area (Å²) in [6.45, 7) is 10.4. The summed E-state index contributed by atoms with van der Waals surface area (Å²) in [5.74, 6) is 3.69. The topological polar surface area (TPSA) is 150 Å². The second-order valence-corrected chi connectivity index (χ2v) is 9.58. The molecule has 0 saturated carbocycles. The van der Waals surface area contributed by atoms with Gasteiger partial charge in [0.15, 0.2) is 5.78 Å². The minimum Gasteiger partial charge on any atom is -0.378 e. The maximum absolute atomic E-state index is 12.9. The van der Waals surface area contributed by atoms with E-state index in [1.165, 1.54) is 12.0 Å². The molecule has 222 valence electrons. The zero-order valence-corrected chi connectivity index (χ0v) is 24.1. The largest absolute Gasteiger partial charge is 0.378 e. The molecular formula is C26H50N4O8. The third-order valence-electron chi connectivity index (χ3n) is 6.04. The lowest BCUT2D eigenvalue weighted by molar-refractivity contribution is -0.150. The third kappa shape index (κ3) is 14.8. The Morgan fingerprint density at radius 2 is 1.61 bits per heavy atom. The van der Waals surface area contributed by atoms with Gasteiger partial charge in [0.05, 0.1) is 51.5 Å². The van der Waals surface area contributed by atoms with E-state index in [-0.39, 0.29) is 42.9 Å². The molecule has 0 aliphatic rings. The van der Waals surface area contributed by atoms with Crippen LogP contribution >= 0.6 is 0 Å². The Hall–Kier alpha value is -1.96. The van der Waals surface area contributed by atoms with Gasteiger partial charge in [-0.3, -0.25) is 19.3 Å². The van der Waals surface area contributed by atoms with Crippen LogP contribution in [0.3, 0.4) is 0 Å². The van der Waals surface area contributed by atoms with Crippen molar-refractivity contribution in [3.05, 3.63) is 0 Å². The van der Waals surface area contributed by atoms with Gasteiger partial charge in [0.25, 0.3) is 0 Å². The first-order valence-electron chi connectivity index (χ1n) is 13.4. The van der Waals surface area contributed by atoms with Crippen LogP contribution in [-0.2, 0) is 38.2 Å². The first-order chi connectivity index (χ1) is 18.1. The van der Waals surface area contributed by atoms with Gasteiger partial charge < -0.3 is 34.1 Å². The summed E-state index contributed by atoms with van der Waals surface area (Å²) in [5, 5.41) is 2.71. The fraction of sp³-hybridized carbons (Fsp3) is 0.846. The number of carbonyl (C=O) groups is 4. The fourth-order valence-corrected chi connectivity index (χ4v) is 3.97. The van der Waals surface area contributed by atoms with Crippen molar-refractivity contribution in [2.45, 2.75) is 65.6 Å². The number of Topliss-reactive ketones (excluding diaryl/α,β-unsaturated/α-hetero) is 1. The number of hydrogen-bond donors (Lipinski definition) is 2. The van der Waals surface area contributed by atoms with E-state index in [0.717, 1.165) is 19.1 Å². The number of carbonyl (C=O) groups excluding carboxylic acids is 4. The average molecular weight is 547 g/mol. The van der Waals surface area contributed by atoms with Crippen LogP contribution in [0.2, 0.25) is 0 Å². The lowest BCUT2D eigenvalue weighted by Crippen LogP contribution is -2.50. The van der Waals surface area contributed by atoms with Crippen molar-refractivity contribution in [1.29, 1.82) is 0 Å². The van der Waals surface area contributed by atoms with Gasteiger partial charge in [-0.2, -0.15) is 0 Å². The van der Waals surface area contributed by atoms with Gasteiger partial charge in [0, 0.05) is 33.0 Å². The van der Waals surface area contributed by atoms with E-state index < -0.39 is 18.2 Å². The van der Waals surface area contributed by atoms with Crippen molar-refractivity contribution >= 4 is 23.9 Å². The number of likely N-dealkylation sites (N-methyl/N-ethyl adjacent to an activating group) is 1. The minimum atomic E-state index is -0.675. The molecule has 0 aromatic carbocycles. The van der Waals surface area contributed by atoms with Crippen molar-refractivity contribution in [2.75, 3.05) is 66.8 Å². The van der Waals surface area contributed by atoms with Gasteiger partial charge in [-0.1, -0.05) is 34.1 Å². The van der Waals surface area contributed by atoms with Crippen LogP contribution < -0.4 is 11.2 Å². The van der Waals surface area contributed by atoms with Crippen LogP contribution in [0, 0.1) is 11.8 Å². The average Bonchev–Trinajstić information content (AvgIpc) is 2.89. The maximum atomic E-state index is 12.9. The summed E-state index contributed by atoms with van der Waals surface area (Å²) in [6, 6.07) is -0.442. The molecule has 3 unspecified atom stereocenters. The molecule has 0 rings (SSSR count). The molecule has 38 heavy (non-hydrogen) atoms. The number of amides is 2. The molecule has 0 heterocycles. The van der Waals surface area contributed by atoms with Crippen molar-refractivity contribution in [3.63, 3.8) is 0 Å². The highest BCUT2D eigenvalue weighted by molar-refractivity contribution is 5.90. The molecule has 0 aliphatic carbocycles. The zero-order valence-electron chi connectivity index (χ0n) is 24.1. The lowest BCUT2D eigenvalue weighted by Gasteiger charge is -2.32. The number of aldehydes is 1. The Kier molecular flexibility index (Phi) is 20.8. The van der Waals surface area contributed by atoms with E-state index in [1.54, 1.807) is 6.92 Å². The zero-order chi connectivity index (χ0) is 28.9. The van der Waals surface area contributed by atoms with Gasteiger partial charge in [-0.05, 0) is 19.4 Å². The Bertz CT molecular complexity index is 680. The fourth-order valence-electron chi connectivity index (χ4n) is 3.97. The van der Waals surface area contributed by atoms with Crippen LogP contribution in [0.15, 0.2) is 0 Å². The molecule has 3 N–H and O–H groups in total. The Labute approximate surface area is 227 Å². The molecule has 0 saturated heterocycles. The number of ether oxygens (including phenoxy) is 3. The van der Waals surface area contributed by atoms with Gasteiger partial charge >= 0.3 is 0 Å². The van der Waals surface area contributed by atoms with Gasteiger partial charge in [0.1, 0.15) is 12.5 Å². The van der Waals surface area contributed by atoms with Crippen molar-refractivity contribution in [1.82, 2.24) is 15.1 Å². The number of unbranched alkanes of at least 4 members (excludes halogenated alkanes) is 1. The molecule has 0 spiro atoms. The van der Waals surface area contributed by atoms with E-state index in [4.69, 9.17) is 20.1 Å². The molecule has 0 aromatic heterocycles. The van der Waals surface area contributed by atoms with E-state index in [2.05, 4.69) is 10.2 Å². The SMILES string of the molecule is CCCCN(C(=O)CCC(=O)CNC(=O)C(C(C)C)N(C)CCOCCOCCON)C(OC)C(C)C=O. The lowest BCUT2D eigenvalue weighted by atomic mass is 10.0. The molecule has 12 heteroatoms. The maximum Gasteiger partial charge on any atom is 0.237 e. The summed E-state index contributed by atoms with van der Waals surface area (Å²) in [7, 11) is 3.29.